The first kappa shape index (κ1) is 16.6. The standard InChI is InChI=1S/C15H19N5O3S/c1-15(2,3)16-13(21)9-24-14-17-18-19-20(14)10-4-5-11-12(8-10)23-7-6-22-11/h4-5,8H,6-7,9H2,1-3H3,(H,16,21). The van der Waals surface area contributed by atoms with Gasteiger partial charge in [0.15, 0.2) is 11.5 Å². The molecular weight excluding hydrogens is 330 g/mol. The average molecular weight is 349 g/mol. The molecule has 1 aromatic heterocycles. The van der Waals surface area contributed by atoms with Gasteiger partial charge in [-0.15, -0.1) is 5.10 Å². The lowest BCUT2D eigenvalue weighted by Crippen LogP contribution is -2.41. The average Bonchev–Trinajstić information content (AvgIpc) is 2.99. The fourth-order valence-electron chi connectivity index (χ4n) is 2.18. The molecule has 2 heterocycles. The smallest absolute Gasteiger partial charge is 0.230 e. The summed E-state index contributed by atoms with van der Waals surface area (Å²) in [5.74, 6) is 1.54. The molecule has 1 amide bonds. The van der Waals surface area contributed by atoms with Gasteiger partial charge in [0.25, 0.3) is 0 Å². The van der Waals surface area contributed by atoms with Gasteiger partial charge in [-0.05, 0) is 43.3 Å². The molecule has 1 aliphatic heterocycles. The minimum atomic E-state index is -0.264. The van der Waals surface area contributed by atoms with Gasteiger partial charge in [0, 0.05) is 11.6 Å². The Morgan fingerprint density at radius 3 is 2.79 bits per heavy atom. The Kier molecular flexibility index (Phi) is 4.61. The molecule has 0 atom stereocenters. The van der Waals surface area contributed by atoms with Crippen LogP contribution in [-0.2, 0) is 4.79 Å². The van der Waals surface area contributed by atoms with Crippen molar-refractivity contribution in [3.8, 4) is 17.2 Å². The lowest BCUT2D eigenvalue weighted by atomic mass is 10.1. The van der Waals surface area contributed by atoms with Gasteiger partial charge in [-0.25, -0.2) is 0 Å². The van der Waals surface area contributed by atoms with Crippen LogP contribution in [0.3, 0.4) is 0 Å². The third-order valence-electron chi connectivity index (χ3n) is 3.06. The molecule has 1 aromatic carbocycles. The second-order valence-electron chi connectivity index (χ2n) is 6.29. The number of ether oxygens (including phenoxy) is 2. The number of fused-ring (bicyclic) bond motifs is 1. The van der Waals surface area contributed by atoms with Crippen molar-refractivity contribution in [2.75, 3.05) is 19.0 Å². The van der Waals surface area contributed by atoms with Gasteiger partial charge >= 0.3 is 0 Å². The van der Waals surface area contributed by atoms with Crippen molar-refractivity contribution in [2.45, 2.75) is 31.5 Å². The minimum Gasteiger partial charge on any atom is -0.486 e. The number of benzene rings is 1. The minimum absolute atomic E-state index is 0.0655. The van der Waals surface area contributed by atoms with E-state index in [1.165, 1.54) is 11.8 Å². The highest BCUT2D eigenvalue weighted by molar-refractivity contribution is 7.99. The van der Waals surface area contributed by atoms with E-state index in [4.69, 9.17) is 9.47 Å². The summed E-state index contributed by atoms with van der Waals surface area (Å²) < 4.78 is 12.7. The van der Waals surface area contributed by atoms with Crippen LogP contribution < -0.4 is 14.8 Å². The molecule has 0 saturated carbocycles. The Morgan fingerprint density at radius 2 is 2.04 bits per heavy atom. The van der Waals surface area contributed by atoms with Crippen LogP contribution in [0.1, 0.15) is 20.8 Å². The molecule has 24 heavy (non-hydrogen) atoms. The molecule has 0 fully saturated rings. The number of hydrogen-bond acceptors (Lipinski definition) is 7. The highest BCUT2D eigenvalue weighted by atomic mass is 32.2. The largest absolute Gasteiger partial charge is 0.486 e. The van der Waals surface area contributed by atoms with Crippen molar-refractivity contribution >= 4 is 17.7 Å². The topological polar surface area (TPSA) is 91.2 Å². The van der Waals surface area contributed by atoms with E-state index in [0.29, 0.717) is 29.9 Å². The van der Waals surface area contributed by atoms with E-state index in [-0.39, 0.29) is 17.2 Å². The highest BCUT2D eigenvalue weighted by Crippen LogP contribution is 2.32. The van der Waals surface area contributed by atoms with Crippen molar-refractivity contribution in [3.63, 3.8) is 0 Å². The van der Waals surface area contributed by atoms with E-state index >= 15 is 0 Å². The van der Waals surface area contributed by atoms with Crippen LogP contribution in [0.2, 0.25) is 0 Å². The second kappa shape index (κ2) is 6.68. The number of tetrazole rings is 1. The fraction of sp³-hybridized carbons (Fsp3) is 0.467. The van der Waals surface area contributed by atoms with E-state index < -0.39 is 0 Å². The highest BCUT2D eigenvalue weighted by Gasteiger charge is 2.18. The Bertz CT molecular complexity index is 741. The number of carbonyl (C=O) groups excluding carboxylic acids is 1. The van der Waals surface area contributed by atoms with Crippen LogP contribution in [0.25, 0.3) is 5.69 Å². The van der Waals surface area contributed by atoms with Crippen LogP contribution in [0.4, 0.5) is 0 Å². The number of hydrogen-bond donors (Lipinski definition) is 1. The maximum atomic E-state index is 11.9. The maximum absolute atomic E-state index is 11.9. The predicted octanol–water partition coefficient (Wildman–Crippen LogP) is 1.44. The quantitative estimate of drug-likeness (QED) is 0.835. The summed E-state index contributed by atoms with van der Waals surface area (Å²) in [4.78, 5) is 11.9. The van der Waals surface area contributed by atoms with Gasteiger partial charge in [-0.1, -0.05) is 11.8 Å². The normalized spacial score (nSPS) is 13.6. The molecule has 0 saturated heterocycles. The zero-order valence-corrected chi connectivity index (χ0v) is 14.6. The van der Waals surface area contributed by atoms with Gasteiger partial charge in [-0.2, -0.15) is 4.68 Å². The van der Waals surface area contributed by atoms with Gasteiger partial charge < -0.3 is 14.8 Å². The van der Waals surface area contributed by atoms with Gasteiger partial charge in [0.1, 0.15) is 13.2 Å². The zero-order chi connectivity index (χ0) is 17.2. The third-order valence-corrected chi connectivity index (χ3v) is 3.98. The summed E-state index contributed by atoms with van der Waals surface area (Å²) >= 11 is 1.28. The van der Waals surface area contributed by atoms with Crippen LogP contribution in [-0.4, -0.2) is 50.6 Å². The zero-order valence-electron chi connectivity index (χ0n) is 13.8. The van der Waals surface area contributed by atoms with Crippen molar-refractivity contribution in [1.29, 1.82) is 0 Å². The van der Waals surface area contributed by atoms with E-state index in [0.717, 1.165) is 5.69 Å². The second-order valence-corrected chi connectivity index (χ2v) is 7.23. The molecule has 1 aliphatic rings. The number of rotatable bonds is 4. The predicted molar refractivity (Wildman–Crippen MR) is 88.8 cm³/mol. The van der Waals surface area contributed by atoms with Crippen LogP contribution in [0.15, 0.2) is 23.4 Å². The monoisotopic (exact) mass is 349 g/mol. The number of nitrogens with one attached hydrogen (secondary N) is 1. The van der Waals surface area contributed by atoms with Crippen LogP contribution in [0.5, 0.6) is 11.5 Å². The van der Waals surface area contributed by atoms with Crippen LogP contribution in [0, 0.1) is 0 Å². The molecule has 1 N–H and O–H groups in total. The molecule has 0 aliphatic carbocycles. The lowest BCUT2D eigenvalue weighted by Gasteiger charge is -2.20. The first-order valence-electron chi connectivity index (χ1n) is 7.54. The van der Waals surface area contributed by atoms with E-state index in [9.17, 15) is 4.79 Å². The third kappa shape index (κ3) is 3.97. The SMILES string of the molecule is CC(C)(C)NC(=O)CSc1nnnn1-c1ccc2c(c1)OCCO2. The molecule has 128 valence electrons. The van der Waals surface area contributed by atoms with Crippen molar-refractivity contribution in [2.24, 2.45) is 0 Å². The summed E-state index contributed by atoms with van der Waals surface area (Å²) in [6.07, 6.45) is 0. The van der Waals surface area contributed by atoms with Crippen molar-refractivity contribution < 1.29 is 14.3 Å². The van der Waals surface area contributed by atoms with Crippen molar-refractivity contribution in [3.05, 3.63) is 18.2 Å². The molecule has 3 rings (SSSR count). The molecule has 0 bridgehead atoms. The Labute approximate surface area is 143 Å². The molecule has 0 radical (unpaired) electrons. The first-order valence-corrected chi connectivity index (χ1v) is 8.53. The summed E-state index contributed by atoms with van der Waals surface area (Å²) in [6.45, 7) is 6.88. The molecule has 9 heteroatoms. The number of nitrogens with zero attached hydrogens (tertiary/aromatic N) is 4. The Morgan fingerprint density at radius 1 is 1.29 bits per heavy atom. The summed E-state index contributed by atoms with van der Waals surface area (Å²) in [7, 11) is 0. The van der Waals surface area contributed by atoms with E-state index in [1.54, 1.807) is 4.68 Å². The number of carbonyl (C=O) groups is 1. The van der Waals surface area contributed by atoms with Gasteiger partial charge in [0.2, 0.25) is 11.1 Å². The summed E-state index contributed by atoms with van der Waals surface area (Å²) in [5, 5.41) is 15.1. The van der Waals surface area contributed by atoms with Gasteiger partial charge in [-0.3, -0.25) is 4.79 Å². The molecule has 0 unspecified atom stereocenters. The number of thioether (sulfide) groups is 1. The Hall–Kier alpha value is -2.29. The van der Waals surface area contributed by atoms with Crippen LogP contribution >= 0.6 is 11.8 Å². The summed E-state index contributed by atoms with van der Waals surface area (Å²) in [5.41, 5.74) is 0.488. The number of amides is 1. The summed E-state index contributed by atoms with van der Waals surface area (Å²) in [6, 6.07) is 5.50. The molecular formula is C15H19N5O3S. The first-order chi connectivity index (χ1) is 11.4. The lowest BCUT2D eigenvalue weighted by molar-refractivity contribution is -0.119. The molecule has 2 aromatic rings. The fourth-order valence-corrected chi connectivity index (χ4v) is 2.87. The molecule has 0 spiro atoms. The number of aromatic nitrogens is 4. The van der Waals surface area contributed by atoms with E-state index in [1.807, 2.05) is 39.0 Å². The van der Waals surface area contributed by atoms with E-state index in [2.05, 4.69) is 20.8 Å². The maximum Gasteiger partial charge on any atom is 0.230 e. The Balaban J connectivity index is 1.72. The van der Waals surface area contributed by atoms with Gasteiger partial charge in [0.05, 0.1) is 11.4 Å². The molecule has 8 nitrogen and oxygen atoms in total. The van der Waals surface area contributed by atoms with Crippen molar-refractivity contribution in [1.82, 2.24) is 25.5 Å².